The molecule has 3 aromatic carbocycles. The van der Waals surface area contributed by atoms with Crippen LogP contribution in [-0.2, 0) is 25.7 Å². The second-order valence-corrected chi connectivity index (χ2v) is 10.9. The molecular weight excluding hydrogens is 558 g/mol. The first-order valence-corrected chi connectivity index (χ1v) is 15.0. The molecule has 1 aliphatic carbocycles. The number of allylic oxidation sites excluding steroid dienone is 2. The van der Waals surface area contributed by atoms with Crippen molar-refractivity contribution in [3.8, 4) is 17.2 Å². The van der Waals surface area contributed by atoms with Crippen molar-refractivity contribution >= 4 is 17.5 Å². The van der Waals surface area contributed by atoms with E-state index in [9.17, 15) is 9.59 Å². The van der Waals surface area contributed by atoms with Gasteiger partial charge < -0.3 is 23.7 Å². The minimum absolute atomic E-state index is 0.0442. The van der Waals surface area contributed by atoms with Gasteiger partial charge in [-0.1, -0.05) is 54.6 Å². The molecule has 1 unspecified atom stereocenters. The zero-order chi connectivity index (χ0) is 31.1. The zero-order valence-corrected chi connectivity index (χ0v) is 25.7. The molecule has 44 heavy (non-hydrogen) atoms. The average molecular weight is 598 g/mol. The maximum atomic E-state index is 14.1. The van der Waals surface area contributed by atoms with Crippen LogP contribution in [0.25, 0.3) is 0 Å². The molecule has 0 saturated heterocycles. The van der Waals surface area contributed by atoms with E-state index in [0.717, 1.165) is 16.7 Å². The highest BCUT2D eigenvalue weighted by molar-refractivity contribution is 6.09. The fraction of sp³-hybridized carbons (Fsp3) is 0.361. The summed E-state index contributed by atoms with van der Waals surface area (Å²) in [4.78, 5) is 32.7. The van der Waals surface area contributed by atoms with Crippen LogP contribution in [0.1, 0.15) is 55.2 Å². The van der Waals surface area contributed by atoms with E-state index in [1.165, 1.54) is 0 Å². The molecule has 8 nitrogen and oxygen atoms in total. The minimum atomic E-state index is -0.779. The summed E-state index contributed by atoms with van der Waals surface area (Å²) in [5.74, 6) is -0.110. The smallest absolute Gasteiger partial charge is 0.315 e. The largest absolute Gasteiger partial charge is 0.493 e. The number of ketones is 1. The number of carbonyl (C=O) groups is 2. The summed E-state index contributed by atoms with van der Waals surface area (Å²) < 4.78 is 28.3. The van der Waals surface area contributed by atoms with Crippen molar-refractivity contribution in [2.24, 2.45) is 10.9 Å². The number of nitrogens with zero attached hydrogens (tertiary/aromatic N) is 1. The molecule has 8 heteroatoms. The van der Waals surface area contributed by atoms with Crippen LogP contribution >= 0.6 is 0 Å². The highest BCUT2D eigenvalue weighted by Crippen LogP contribution is 2.49. The van der Waals surface area contributed by atoms with E-state index in [1.54, 1.807) is 14.2 Å². The Labute approximate surface area is 258 Å². The molecular formula is C36H39NO7. The summed E-state index contributed by atoms with van der Waals surface area (Å²) in [7, 11) is 3.19. The van der Waals surface area contributed by atoms with Crippen LogP contribution in [0, 0.1) is 5.92 Å². The van der Waals surface area contributed by atoms with Crippen molar-refractivity contribution in [3.05, 3.63) is 101 Å². The number of benzene rings is 3. The molecule has 3 aromatic rings. The van der Waals surface area contributed by atoms with Gasteiger partial charge in [0.2, 0.25) is 0 Å². The Bertz CT molecular complexity index is 1550. The van der Waals surface area contributed by atoms with E-state index in [-0.39, 0.29) is 24.7 Å². The third-order valence-electron chi connectivity index (χ3n) is 8.19. The van der Waals surface area contributed by atoms with Crippen molar-refractivity contribution in [1.29, 1.82) is 0 Å². The number of para-hydroxylation sites is 1. The second kappa shape index (κ2) is 14.4. The molecule has 0 fully saturated rings. The van der Waals surface area contributed by atoms with Crippen molar-refractivity contribution < 1.29 is 33.3 Å². The van der Waals surface area contributed by atoms with E-state index in [4.69, 9.17) is 28.7 Å². The van der Waals surface area contributed by atoms with Crippen LogP contribution in [0.2, 0.25) is 0 Å². The summed E-state index contributed by atoms with van der Waals surface area (Å²) in [6.07, 6.45) is 0.822. The van der Waals surface area contributed by atoms with Gasteiger partial charge in [0, 0.05) is 41.5 Å². The van der Waals surface area contributed by atoms with Gasteiger partial charge in [-0.3, -0.25) is 14.6 Å². The van der Waals surface area contributed by atoms with Gasteiger partial charge in [0.25, 0.3) is 0 Å². The number of ether oxygens (including phenoxy) is 5. The zero-order valence-electron chi connectivity index (χ0n) is 25.7. The van der Waals surface area contributed by atoms with Crippen molar-refractivity contribution in [2.75, 3.05) is 34.0 Å². The predicted octanol–water partition coefficient (Wildman–Crippen LogP) is 6.44. The number of methoxy groups -OCH3 is 2. The maximum Gasteiger partial charge on any atom is 0.315 e. The number of hydrogen-bond donors (Lipinski definition) is 0. The van der Waals surface area contributed by atoms with Crippen molar-refractivity contribution in [3.63, 3.8) is 0 Å². The van der Waals surface area contributed by atoms with Gasteiger partial charge in [0.15, 0.2) is 17.3 Å². The molecule has 0 N–H and O–H groups in total. The number of rotatable bonds is 12. The molecule has 5 rings (SSSR count). The van der Waals surface area contributed by atoms with Crippen molar-refractivity contribution in [2.45, 2.75) is 45.1 Å². The standard InChI is InChI=1S/C36H39NO7/c1-5-42-17-18-43-36(39)33-23(2)37-28-19-26(25-15-16-31(40-3)32(21-25)41-4)20-29(38)35(28)34(33)27-13-9-10-14-30(27)44-22-24-11-7-6-8-12-24/h6-16,21,26,33-34H,5,17-20,22H2,1-4H3/t26-,33?,34+/m0/s1. The first kappa shape index (κ1) is 31.0. The van der Waals surface area contributed by atoms with Gasteiger partial charge in [-0.05, 0) is 55.5 Å². The Kier molecular flexibility index (Phi) is 10.1. The van der Waals surface area contributed by atoms with E-state index >= 15 is 0 Å². The van der Waals surface area contributed by atoms with E-state index in [1.807, 2.05) is 86.6 Å². The number of aliphatic imine (C=N–C) groups is 1. The van der Waals surface area contributed by atoms with E-state index in [0.29, 0.717) is 60.5 Å². The Balaban J connectivity index is 1.53. The highest BCUT2D eigenvalue weighted by Gasteiger charge is 2.45. The van der Waals surface area contributed by atoms with Crippen LogP contribution in [-0.4, -0.2) is 51.5 Å². The lowest BCUT2D eigenvalue weighted by Crippen LogP contribution is -2.38. The van der Waals surface area contributed by atoms with Gasteiger partial charge >= 0.3 is 5.97 Å². The van der Waals surface area contributed by atoms with Gasteiger partial charge in [-0.25, -0.2) is 0 Å². The Morgan fingerprint density at radius 2 is 1.64 bits per heavy atom. The molecule has 2 aliphatic rings. The summed E-state index contributed by atoms with van der Waals surface area (Å²) in [5.41, 5.74) is 4.59. The Morgan fingerprint density at radius 1 is 0.886 bits per heavy atom. The second-order valence-electron chi connectivity index (χ2n) is 10.9. The van der Waals surface area contributed by atoms with Crippen LogP contribution in [0.4, 0.5) is 0 Å². The van der Waals surface area contributed by atoms with Crippen LogP contribution in [0.15, 0.2) is 89.1 Å². The topological polar surface area (TPSA) is 92.7 Å². The first-order valence-electron chi connectivity index (χ1n) is 15.0. The third kappa shape index (κ3) is 6.70. The molecule has 0 amide bonds. The minimum Gasteiger partial charge on any atom is -0.493 e. The number of hydrogen-bond acceptors (Lipinski definition) is 8. The Morgan fingerprint density at radius 3 is 2.39 bits per heavy atom. The van der Waals surface area contributed by atoms with Crippen LogP contribution < -0.4 is 14.2 Å². The summed E-state index contributed by atoms with van der Waals surface area (Å²) in [6, 6.07) is 23.2. The Hall–Kier alpha value is -4.43. The lowest BCUT2D eigenvalue weighted by molar-refractivity contribution is -0.148. The van der Waals surface area contributed by atoms with Gasteiger partial charge in [-0.15, -0.1) is 0 Å². The average Bonchev–Trinajstić information content (AvgIpc) is 3.05. The quantitative estimate of drug-likeness (QED) is 0.175. The van der Waals surface area contributed by atoms with E-state index in [2.05, 4.69) is 0 Å². The maximum absolute atomic E-state index is 14.1. The fourth-order valence-corrected chi connectivity index (χ4v) is 6.08. The summed E-state index contributed by atoms with van der Waals surface area (Å²) in [5, 5.41) is 0. The number of esters is 1. The predicted molar refractivity (Wildman–Crippen MR) is 168 cm³/mol. The lowest BCUT2D eigenvalue weighted by Gasteiger charge is -2.37. The van der Waals surface area contributed by atoms with Gasteiger partial charge in [0.05, 0.1) is 20.8 Å². The molecule has 230 valence electrons. The molecule has 3 atom stereocenters. The van der Waals surface area contributed by atoms with Crippen molar-refractivity contribution in [1.82, 2.24) is 0 Å². The molecule has 1 aliphatic heterocycles. The fourth-order valence-electron chi connectivity index (χ4n) is 6.08. The summed E-state index contributed by atoms with van der Waals surface area (Å²) >= 11 is 0. The highest BCUT2D eigenvalue weighted by atomic mass is 16.6. The SMILES string of the molecule is CCOCCOC(=O)C1C(C)=NC2=C(C(=O)C[C@@H](c3ccc(OC)c(OC)c3)C2)[C@@H]1c1ccccc1OCc1ccccc1. The number of Topliss-reactive ketones (excluding diaryl/α,β-unsaturated/α-hetero) is 1. The monoisotopic (exact) mass is 597 g/mol. The van der Waals surface area contributed by atoms with Crippen LogP contribution in [0.3, 0.4) is 0 Å². The normalized spacial score (nSPS) is 19.6. The third-order valence-corrected chi connectivity index (χ3v) is 8.19. The lowest BCUT2D eigenvalue weighted by atomic mass is 9.69. The van der Waals surface area contributed by atoms with Gasteiger partial charge in [-0.2, -0.15) is 0 Å². The molecule has 0 radical (unpaired) electrons. The van der Waals surface area contributed by atoms with E-state index < -0.39 is 17.8 Å². The number of carbonyl (C=O) groups excluding carboxylic acids is 2. The first-order chi connectivity index (χ1) is 21.4. The van der Waals surface area contributed by atoms with Crippen LogP contribution in [0.5, 0.6) is 17.2 Å². The molecule has 0 bridgehead atoms. The molecule has 0 aromatic heterocycles. The molecule has 0 saturated carbocycles. The summed E-state index contributed by atoms with van der Waals surface area (Å²) in [6.45, 7) is 5.02. The molecule has 0 spiro atoms. The van der Waals surface area contributed by atoms with Gasteiger partial charge in [0.1, 0.15) is 24.9 Å². The molecule has 1 heterocycles.